The lowest BCUT2D eigenvalue weighted by Crippen LogP contribution is -2.29. The van der Waals surface area contributed by atoms with Gasteiger partial charge in [0, 0.05) is 5.38 Å². The maximum absolute atomic E-state index is 11.1. The van der Waals surface area contributed by atoms with Gasteiger partial charge in [0.15, 0.2) is 0 Å². The van der Waals surface area contributed by atoms with E-state index in [9.17, 15) is 14.9 Å². The van der Waals surface area contributed by atoms with Crippen LogP contribution in [-0.4, -0.2) is 31.4 Å². The normalized spacial score (nSPS) is 12.5. The van der Waals surface area contributed by atoms with Gasteiger partial charge in [0.25, 0.3) is 4.96 Å². The van der Waals surface area contributed by atoms with E-state index in [-0.39, 0.29) is 11.6 Å². The van der Waals surface area contributed by atoms with Gasteiger partial charge in [0.2, 0.25) is 5.82 Å². The molecule has 8 nitrogen and oxygen atoms in total. The summed E-state index contributed by atoms with van der Waals surface area (Å²) in [5.41, 5.74) is 0. The molecule has 2 aromatic rings. The largest absolute Gasteiger partial charge is 0.480 e. The molecule has 19 heavy (non-hydrogen) atoms. The molecule has 0 aliphatic carbocycles. The number of nitrogens with one attached hydrogen (secondary N) is 1. The van der Waals surface area contributed by atoms with Crippen molar-refractivity contribution in [2.75, 3.05) is 5.32 Å². The van der Waals surface area contributed by atoms with Gasteiger partial charge in [-0.15, -0.1) is 0 Å². The summed E-state index contributed by atoms with van der Waals surface area (Å²) >= 11 is 1.25. The van der Waals surface area contributed by atoms with Crippen LogP contribution in [0, 0.1) is 10.1 Å². The zero-order valence-electron chi connectivity index (χ0n) is 10.1. The van der Waals surface area contributed by atoms with E-state index >= 15 is 0 Å². The Labute approximate surface area is 111 Å². The summed E-state index contributed by atoms with van der Waals surface area (Å²) < 4.78 is 1.33. The SMILES string of the molecule is CCCC(Nc1nc2sccn2c1[N+](=O)[O-])C(=O)O. The van der Waals surface area contributed by atoms with Crippen LogP contribution in [0.5, 0.6) is 0 Å². The van der Waals surface area contributed by atoms with Crippen molar-refractivity contribution in [3.05, 3.63) is 21.7 Å². The van der Waals surface area contributed by atoms with Crippen molar-refractivity contribution in [3.63, 3.8) is 0 Å². The third-order valence-electron chi connectivity index (χ3n) is 2.60. The van der Waals surface area contributed by atoms with Crippen molar-refractivity contribution < 1.29 is 14.8 Å². The van der Waals surface area contributed by atoms with Crippen molar-refractivity contribution in [3.8, 4) is 0 Å². The van der Waals surface area contributed by atoms with Crippen molar-refractivity contribution in [1.82, 2.24) is 9.38 Å². The number of fused-ring (bicyclic) bond motifs is 1. The van der Waals surface area contributed by atoms with Crippen LogP contribution in [0.25, 0.3) is 4.96 Å². The topological polar surface area (TPSA) is 110 Å². The molecule has 0 aliphatic rings. The molecule has 0 fully saturated rings. The first-order valence-corrected chi connectivity index (χ1v) is 6.51. The zero-order chi connectivity index (χ0) is 14.0. The first-order valence-electron chi connectivity index (χ1n) is 5.63. The minimum absolute atomic E-state index is 0.00213. The van der Waals surface area contributed by atoms with Gasteiger partial charge in [-0.3, -0.25) is 0 Å². The first-order chi connectivity index (χ1) is 9.04. The molecule has 1 unspecified atom stereocenters. The smallest absolute Gasteiger partial charge is 0.372 e. The van der Waals surface area contributed by atoms with E-state index in [1.165, 1.54) is 21.9 Å². The summed E-state index contributed by atoms with van der Waals surface area (Å²) in [6, 6.07) is -0.881. The average molecular weight is 284 g/mol. The highest BCUT2D eigenvalue weighted by Gasteiger charge is 2.27. The lowest BCUT2D eigenvalue weighted by Gasteiger charge is -2.12. The number of anilines is 1. The molecule has 0 saturated carbocycles. The Kier molecular flexibility index (Phi) is 3.65. The monoisotopic (exact) mass is 284 g/mol. The Morgan fingerprint density at radius 3 is 3.05 bits per heavy atom. The van der Waals surface area contributed by atoms with Crippen LogP contribution in [0.1, 0.15) is 19.8 Å². The van der Waals surface area contributed by atoms with Crippen molar-refractivity contribution in [1.29, 1.82) is 0 Å². The molecule has 1 atom stereocenters. The molecule has 0 aliphatic heterocycles. The highest BCUT2D eigenvalue weighted by atomic mass is 32.1. The fourth-order valence-corrected chi connectivity index (χ4v) is 2.47. The van der Waals surface area contributed by atoms with Gasteiger partial charge in [0.05, 0.1) is 0 Å². The third-order valence-corrected chi connectivity index (χ3v) is 3.35. The number of hydrogen-bond donors (Lipinski definition) is 2. The lowest BCUT2D eigenvalue weighted by molar-refractivity contribution is -0.389. The molecule has 0 saturated heterocycles. The summed E-state index contributed by atoms with van der Waals surface area (Å²) in [7, 11) is 0. The minimum atomic E-state index is -1.05. The molecule has 2 heterocycles. The maximum Gasteiger partial charge on any atom is 0.372 e. The number of carbonyl (C=O) groups is 1. The lowest BCUT2D eigenvalue weighted by atomic mass is 10.2. The van der Waals surface area contributed by atoms with Crippen LogP contribution in [0.2, 0.25) is 0 Å². The molecule has 0 spiro atoms. The van der Waals surface area contributed by atoms with Crippen LogP contribution in [-0.2, 0) is 4.79 Å². The average Bonchev–Trinajstić information content (AvgIpc) is 2.87. The number of nitrogens with zero attached hydrogens (tertiary/aromatic N) is 3. The molecule has 2 aromatic heterocycles. The van der Waals surface area contributed by atoms with E-state index in [0.717, 1.165) is 0 Å². The molecule has 0 radical (unpaired) electrons. The number of aromatic nitrogens is 2. The van der Waals surface area contributed by atoms with Crippen LogP contribution in [0.4, 0.5) is 11.6 Å². The van der Waals surface area contributed by atoms with Gasteiger partial charge >= 0.3 is 11.8 Å². The number of rotatable bonds is 6. The van der Waals surface area contributed by atoms with Gasteiger partial charge in [-0.05, 0) is 11.3 Å². The Balaban J connectivity index is 2.38. The Bertz CT molecular complexity index is 620. The van der Waals surface area contributed by atoms with Gasteiger partial charge in [-0.2, -0.15) is 9.38 Å². The van der Waals surface area contributed by atoms with Gasteiger partial charge in [-0.1, -0.05) is 24.7 Å². The van der Waals surface area contributed by atoms with Crippen LogP contribution < -0.4 is 5.32 Å². The molecule has 2 rings (SSSR count). The standard InChI is InChI=1S/C10H12N4O4S/c1-2-3-6(9(15)16)11-7-8(14(17)18)13-4-5-19-10(13)12-7/h4-6,11H,2-3H2,1H3,(H,15,16). The quantitative estimate of drug-likeness (QED) is 0.620. The molecule has 0 aromatic carbocycles. The second-order valence-electron chi connectivity index (χ2n) is 3.92. The maximum atomic E-state index is 11.1. The second kappa shape index (κ2) is 5.22. The van der Waals surface area contributed by atoms with Gasteiger partial charge in [-0.25, -0.2) is 4.79 Å². The van der Waals surface area contributed by atoms with E-state index in [4.69, 9.17) is 5.11 Å². The van der Waals surface area contributed by atoms with Crippen LogP contribution >= 0.6 is 11.3 Å². The predicted molar refractivity (Wildman–Crippen MR) is 69.7 cm³/mol. The minimum Gasteiger partial charge on any atom is -0.480 e. The molecule has 0 bridgehead atoms. The number of hydrogen-bond acceptors (Lipinski definition) is 6. The predicted octanol–water partition coefficient (Wildman–Crippen LogP) is 1.97. The van der Waals surface area contributed by atoms with Crippen LogP contribution in [0.15, 0.2) is 11.6 Å². The van der Waals surface area contributed by atoms with E-state index < -0.39 is 16.9 Å². The summed E-state index contributed by atoms with van der Waals surface area (Å²) in [6.45, 7) is 1.85. The van der Waals surface area contributed by atoms with Crippen molar-refractivity contribution in [2.24, 2.45) is 0 Å². The Morgan fingerprint density at radius 2 is 2.47 bits per heavy atom. The number of carboxylic acids is 1. The zero-order valence-corrected chi connectivity index (χ0v) is 10.9. The Hall–Kier alpha value is -2.16. The fraction of sp³-hybridized carbons (Fsp3) is 0.400. The summed E-state index contributed by atoms with van der Waals surface area (Å²) in [4.78, 5) is 26.1. The van der Waals surface area contributed by atoms with Crippen molar-refractivity contribution in [2.45, 2.75) is 25.8 Å². The second-order valence-corrected chi connectivity index (χ2v) is 4.79. The summed E-state index contributed by atoms with van der Waals surface area (Å²) in [6.07, 6.45) is 2.56. The molecule has 2 N–H and O–H groups in total. The van der Waals surface area contributed by atoms with E-state index in [2.05, 4.69) is 10.3 Å². The number of thiazole rings is 1. The summed E-state index contributed by atoms with van der Waals surface area (Å²) in [5.74, 6) is -1.29. The Morgan fingerprint density at radius 1 is 1.74 bits per heavy atom. The van der Waals surface area contributed by atoms with Gasteiger partial charge in [0.1, 0.15) is 12.2 Å². The highest BCUT2D eigenvalue weighted by molar-refractivity contribution is 7.15. The van der Waals surface area contributed by atoms with E-state index in [1.807, 2.05) is 6.92 Å². The molecule has 9 heteroatoms. The highest BCUT2D eigenvalue weighted by Crippen LogP contribution is 2.28. The molecule has 0 amide bonds. The number of nitro groups is 1. The summed E-state index contributed by atoms with van der Waals surface area (Å²) in [5, 5.41) is 24.4. The third kappa shape index (κ3) is 2.50. The molecular weight excluding hydrogens is 272 g/mol. The first kappa shape index (κ1) is 13.3. The number of imidazole rings is 1. The molecule has 102 valence electrons. The van der Waals surface area contributed by atoms with E-state index in [1.54, 1.807) is 5.38 Å². The number of carboxylic acid groups (broad SMARTS) is 1. The molecular formula is C10H12N4O4S. The van der Waals surface area contributed by atoms with E-state index in [0.29, 0.717) is 17.8 Å². The fourth-order valence-electron chi connectivity index (χ4n) is 1.76. The van der Waals surface area contributed by atoms with Crippen LogP contribution in [0.3, 0.4) is 0 Å². The van der Waals surface area contributed by atoms with Crippen molar-refractivity contribution >= 4 is 33.9 Å². The number of aliphatic carboxylic acids is 1. The van der Waals surface area contributed by atoms with Gasteiger partial charge < -0.3 is 20.5 Å².